The van der Waals surface area contributed by atoms with Gasteiger partial charge in [0.05, 0.1) is 0 Å². The first-order chi connectivity index (χ1) is 7.66. The number of nitrogens with zero attached hydrogens (tertiary/aromatic N) is 1. The van der Waals surface area contributed by atoms with E-state index < -0.39 is 0 Å². The number of benzene rings is 2. The highest BCUT2D eigenvalue weighted by molar-refractivity contribution is 6.32. The van der Waals surface area contributed by atoms with E-state index in [2.05, 4.69) is 76.2 Å². The molecule has 0 bridgehead atoms. The molecule has 0 aliphatic heterocycles. The van der Waals surface area contributed by atoms with Crippen LogP contribution in [-0.4, -0.2) is 22.7 Å². The first kappa shape index (κ1) is 10.9. The fourth-order valence-electron chi connectivity index (χ4n) is 1.69. The molecule has 0 atom stereocenters. The second-order valence-corrected chi connectivity index (χ2v) is 4.23. The van der Waals surface area contributed by atoms with E-state index in [0.29, 0.717) is 0 Å². The van der Waals surface area contributed by atoms with Crippen molar-refractivity contribution >= 4 is 38.0 Å². The molecule has 16 heavy (non-hydrogen) atoms. The van der Waals surface area contributed by atoms with Crippen molar-refractivity contribution in [2.24, 2.45) is 0 Å². The van der Waals surface area contributed by atoms with Gasteiger partial charge in [-0.25, -0.2) is 0 Å². The van der Waals surface area contributed by atoms with Crippen LogP contribution in [0.2, 0.25) is 0 Å². The van der Waals surface area contributed by atoms with Crippen LogP contribution in [0, 0.1) is 0 Å². The van der Waals surface area contributed by atoms with Crippen LogP contribution in [0.5, 0.6) is 0 Å². The average molecular weight is 207 g/mol. The first-order valence-corrected chi connectivity index (χ1v) is 5.54. The molecule has 0 aromatic heterocycles. The third-order valence-corrected chi connectivity index (χ3v) is 2.84. The Hall–Kier alpha value is -1.63. The van der Waals surface area contributed by atoms with Gasteiger partial charge in [-0.1, -0.05) is 35.2 Å². The zero-order chi connectivity index (χ0) is 11.5. The van der Waals surface area contributed by atoms with E-state index >= 15 is 0 Å². The summed E-state index contributed by atoms with van der Waals surface area (Å²) in [7, 11) is 6.31. The van der Waals surface area contributed by atoms with Gasteiger partial charge in [0.2, 0.25) is 0 Å². The largest absolute Gasteiger partial charge is 0.345 e. The van der Waals surface area contributed by atoms with Crippen LogP contribution in [0.1, 0.15) is 0 Å². The zero-order valence-corrected chi connectivity index (χ0v) is 10.1. The summed E-state index contributed by atoms with van der Waals surface area (Å²) in [5.41, 5.74) is 5.02. The molecular weight excluding hydrogens is 192 g/mol. The van der Waals surface area contributed by atoms with Crippen LogP contribution < -0.4 is 15.8 Å². The predicted octanol–water partition coefficient (Wildman–Crippen LogP) is -0.0287. The van der Waals surface area contributed by atoms with Crippen molar-refractivity contribution in [2.75, 3.05) is 11.9 Å². The molecule has 0 spiro atoms. The molecule has 0 aliphatic carbocycles. The van der Waals surface area contributed by atoms with E-state index in [-0.39, 0.29) is 0 Å². The second kappa shape index (κ2) is 4.48. The molecule has 0 aliphatic rings. The lowest BCUT2D eigenvalue weighted by atomic mass is 9.95. The Morgan fingerprint density at radius 1 is 0.688 bits per heavy atom. The van der Waals surface area contributed by atoms with Gasteiger partial charge in [-0.3, -0.25) is 0 Å². The third kappa shape index (κ3) is 2.30. The van der Waals surface area contributed by atoms with Crippen LogP contribution in [0.3, 0.4) is 0 Å². The van der Waals surface area contributed by atoms with Crippen molar-refractivity contribution in [3.8, 4) is 0 Å². The van der Waals surface area contributed by atoms with Crippen molar-refractivity contribution in [3.63, 3.8) is 0 Å². The number of hydrogen-bond acceptors (Lipinski definition) is 1. The highest BCUT2D eigenvalue weighted by atomic mass is 15.1. The summed E-state index contributed by atoms with van der Waals surface area (Å²) in [6.07, 6.45) is 0. The van der Waals surface area contributed by atoms with Crippen molar-refractivity contribution in [3.05, 3.63) is 48.5 Å². The lowest BCUT2D eigenvalue weighted by Gasteiger charge is -2.19. The lowest BCUT2D eigenvalue weighted by molar-refractivity contribution is 1.21. The summed E-state index contributed by atoms with van der Waals surface area (Å²) in [4.78, 5) is 2.19. The molecule has 0 amide bonds. The topological polar surface area (TPSA) is 3.24 Å². The molecule has 0 radical (unpaired) electrons. The molecular formula is C13H15B2N. The number of anilines is 2. The first-order valence-electron chi connectivity index (χ1n) is 5.54. The maximum absolute atomic E-state index is 2.19. The minimum absolute atomic E-state index is 1.22. The molecule has 0 heterocycles. The summed E-state index contributed by atoms with van der Waals surface area (Å²) in [5.74, 6) is 0. The Bertz CT molecular complexity index is 417. The fraction of sp³-hybridized carbons (Fsp3) is 0.0769. The van der Waals surface area contributed by atoms with E-state index in [4.69, 9.17) is 0 Å². The fourth-order valence-corrected chi connectivity index (χ4v) is 1.69. The SMILES string of the molecule is Bc1ccc(N(C)c2ccc(B)cc2)cc1. The van der Waals surface area contributed by atoms with Crippen LogP contribution in [0.25, 0.3) is 0 Å². The van der Waals surface area contributed by atoms with E-state index in [1.807, 2.05) is 0 Å². The molecule has 0 saturated heterocycles. The predicted molar refractivity (Wildman–Crippen MR) is 77.3 cm³/mol. The molecule has 1 nitrogen and oxygen atoms in total. The maximum Gasteiger partial charge on any atom is 0.139 e. The van der Waals surface area contributed by atoms with Gasteiger partial charge in [-0.2, -0.15) is 0 Å². The Labute approximate surface area is 98.9 Å². The van der Waals surface area contributed by atoms with Crippen molar-refractivity contribution in [1.82, 2.24) is 0 Å². The van der Waals surface area contributed by atoms with Crippen LogP contribution in [0.15, 0.2) is 48.5 Å². The van der Waals surface area contributed by atoms with E-state index in [9.17, 15) is 0 Å². The normalized spacial score (nSPS) is 10.1. The van der Waals surface area contributed by atoms with Gasteiger partial charge in [0, 0.05) is 18.4 Å². The number of rotatable bonds is 2. The van der Waals surface area contributed by atoms with Crippen LogP contribution >= 0.6 is 0 Å². The molecule has 0 fully saturated rings. The maximum atomic E-state index is 2.19. The Kier molecular flexibility index (Phi) is 3.04. The van der Waals surface area contributed by atoms with Crippen LogP contribution in [0.4, 0.5) is 11.4 Å². The summed E-state index contributed by atoms with van der Waals surface area (Å²) in [5, 5.41) is 0. The Balaban J connectivity index is 2.28. The van der Waals surface area contributed by atoms with E-state index in [1.54, 1.807) is 0 Å². The molecule has 0 saturated carbocycles. The molecule has 0 unspecified atom stereocenters. The van der Waals surface area contributed by atoms with Gasteiger partial charge in [0.25, 0.3) is 0 Å². The summed E-state index contributed by atoms with van der Waals surface area (Å²) < 4.78 is 0. The summed E-state index contributed by atoms with van der Waals surface area (Å²) in [6.45, 7) is 0. The highest BCUT2D eigenvalue weighted by Gasteiger charge is 2.02. The molecule has 2 rings (SSSR count). The van der Waals surface area contributed by atoms with Gasteiger partial charge in [-0.05, 0) is 24.3 Å². The molecule has 3 heteroatoms. The van der Waals surface area contributed by atoms with Gasteiger partial charge in [-0.15, -0.1) is 0 Å². The second-order valence-electron chi connectivity index (χ2n) is 4.23. The molecule has 0 N–H and O–H groups in total. The standard InChI is InChI=1S/C13H15B2N/c1-16(12-6-2-10(14)3-7-12)13-8-4-11(15)5-9-13/h2-9H,14-15H2,1H3. The lowest BCUT2D eigenvalue weighted by Crippen LogP contribution is -2.12. The molecule has 2 aromatic rings. The Morgan fingerprint density at radius 3 is 1.31 bits per heavy atom. The summed E-state index contributed by atoms with van der Waals surface area (Å²) in [6, 6.07) is 17.1. The molecule has 2 aromatic carbocycles. The smallest absolute Gasteiger partial charge is 0.139 e. The zero-order valence-electron chi connectivity index (χ0n) is 10.1. The van der Waals surface area contributed by atoms with E-state index in [0.717, 1.165) is 0 Å². The minimum Gasteiger partial charge on any atom is -0.345 e. The van der Waals surface area contributed by atoms with Gasteiger partial charge < -0.3 is 4.90 Å². The van der Waals surface area contributed by atoms with Crippen molar-refractivity contribution in [2.45, 2.75) is 0 Å². The average Bonchev–Trinajstić information content (AvgIpc) is 2.30. The monoisotopic (exact) mass is 207 g/mol. The van der Waals surface area contributed by atoms with Crippen LogP contribution in [-0.2, 0) is 0 Å². The number of hydrogen-bond donors (Lipinski definition) is 0. The van der Waals surface area contributed by atoms with Crippen molar-refractivity contribution in [1.29, 1.82) is 0 Å². The third-order valence-electron chi connectivity index (χ3n) is 2.84. The Morgan fingerprint density at radius 2 is 1.00 bits per heavy atom. The molecule has 78 valence electrons. The van der Waals surface area contributed by atoms with Gasteiger partial charge in [0.1, 0.15) is 15.7 Å². The van der Waals surface area contributed by atoms with Gasteiger partial charge >= 0.3 is 0 Å². The quantitative estimate of drug-likeness (QED) is 0.625. The summed E-state index contributed by atoms with van der Waals surface area (Å²) >= 11 is 0. The van der Waals surface area contributed by atoms with E-state index in [1.165, 1.54) is 22.3 Å². The van der Waals surface area contributed by atoms with Crippen molar-refractivity contribution < 1.29 is 0 Å². The highest BCUT2D eigenvalue weighted by Crippen LogP contribution is 2.21. The van der Waals surface area contributed by atoms with Gasteiger partial charge in [0.15, 0.2) is 0 Å². The minimum atomic E-state index is 1.22.